The number of nitrogens with zero attached hydrogens (tertiary/aromatic N) is 2. The van der Waals surface area contributed by atoms with Gasteiger partial charge in [0.2, 0.25) is 15.9 Å². The second-order valence-corrected chi connectivity index (χ2v) is 12.5. The van der Waals surface area contributed by atoms with Crippen LogP contribution in [0, 0.1) is 12.7 Å². The lowest BCUT2D eigenvalue weighted by Crippen LogP contribution is -2.40. The van der Waals surface area contributed by atoms with E-state index in [-0.39, 0.29) is 53.2 Å². The van der Waals surface area contributed by atoms with Gasteiger partial charge in [0.25, 0.3) is 10.0 Å². The number of nitrogens with one attached hydrogen (secondary N) is 1. The molecule has 4 rings (SSSR count). The summed E-state index contributed by atoms with van der Waals surface area (Å²) in [5, 5.41) is 2.57. The van der Waals surface area contributed by atoms with Gasteiger partial charge in [-0.1, -0.05) is 17.7 Å². The predicted molar refractivity (Wildman–Crippen MR) is 143 cm³/mol. The van der Waals surface area contributed by atoms with Crippen molar-refractivity contribution in [1.29, 1.82) is 0 Å². The number of anilines is 2. The van der Waals surface area contributed by atoms with Crippen molar-refractivity contribution in [2.24, 2.45) is 0 Å². The Labute approximate surface area is 227 Å². The summed E-state index contributed by atoms with van der Waals surface area (Å²) in [6, 6.07) is 14.8. The first-order valence-electron chi connectivity index (χ1n) is 11.9. The van der Waals surface area contributed by atoms with Crippen LogP contribution in [0.5, 0.6) is 5.75 Å². The minimum absolute atomic E-state index is 0.0450. The number of rotatable bonds is 9. The lowest BCUT2D eigenvalue weighted by molar-refractivity contribution is -0.114. The monoisotopic (exact) mass is 577 g/mol. The molecule has 1 aliphatic heterocycles. The molecule has 1 saturated heterocycles. The molecular weight excluding hydrogens is 549 g/mol. The number of ether oxygens (including phenoxy) is 2. The fourth-order valence-corrected chi connectivity index (χ4v) is 6.82. The van der Waals surface area contributed by atoms with Crippen LogP contribution in [0.15, 0.2) is 76.5 Å². The number of methoxy groups -OCH3 is 1. The van der Waals surface area contributed by atoms with Crippen molar-refractivity contribution in [2.75, 3.05) is 49.6 Å². The van der Waals surface area contributed by atoms with Crippen LogP contribution in [0.4, 0.5) is 15.8 Å². The lowest BCUT2D eigenvalue weighted by atomic mass is 10.2. The van der Waals surface area contributed by atoms with Gasteiger partial charge in [0.1, 0.15) is 18.1 Å². The number of carbonyl (C=O) groups is 1. The number of halogens is 1. The van der Waals surface area contributed by atoms with Gasteiger partial charge in [-0.2, -0.15) is 4.31 Å². The molecule has 1 N–H and O–H groups in total. The van der Waals surface area contributed by atoms with Gasteiger partial charge in [-0.15, -0.1) is 0 Å². The van der Waals surface area contributed by atoms with Crippen LogP contribution in [0.1, 0.15) is 5.56 Å². The van der Waals surface area contributed by atoms with Gasteiger partial charge in [-0.05, 0) is 61.5 Å². The van der Waals surface area contributed by atoms with Crippen molar-refractivity contribution in [3.05, 3.63) is 78.1 Å². The molecule has 0 aliphatic carbocycles. The molecule has 13 heteroatoms. The molecule has 3 aromatic rings. The van der Waals surface area contributed by atoms with Crippen molar-refractivity contribution < 1.29 is 35.5 Å². The Morgan fingerprint density at radius 2 is 1.59 bits per heavy atom. The Morgan fingerprint density at radius 1 is 0.974 bits per heavy atom. The molecule has 1 fully saturated rings. The normalized spacial score (nSPS) is 14.5. The molecule has 3 aromatic carbocycles. The van der Waals surface area contributed by atoms with Gasteiger partial charge in [0.05, 0.1) is 41.5 Å². The third-order valence-electron chi connectivity index (χ3n) is 6.06. The van der Waals surface area contributed by atoms with E-state index in [0.717, 1.165) is 22.0 Å². The van der Waals surface area contributed by atoms with Gasteiger partial charge in [0.15, 0.2) is 0 Å². The van der Waals surface area contributed by atoms with Gasteiger partial charge in [-0.25, -0.2) is 21.2 Å². The van der Waals surface area contributed by atoms with E-state index in [1.807, 2.05) is 6.92 Å². The third-order valence-corrected chi connectivity index (χ3v) is 9.75. The molecule has 0 radical (unpaired) electrons. The van der Waals surface area contributed by atoms with Crippen molar-refractivity contribution in [2.45, 2.75) is 16.7 Å². The zero-order valence-corrected chi connectivity index (χ0v) is 23.0. The largest absolute Gasteiger partial charge is 0.495 e. The standard InChI is InChI=1S/C26H28FN3O7S2/c1-19-3-9-22(10-4-19)39(34,35)30(21-7-5-20(27)6-8-21)18-26(31)28-24-17-23(11-12-25(24)36-2)38(32,33)29-13-15-37-16-14-29/h3-12,17H,13-16,18H2,1-2H3,(H,28,31). The minimum atomic E-state index is -4.23. The average Bonchev–Trinajstić information content (AvgIpc) is 2.93. The number of sulfonamides is 2. The number of hydrogen-bond donors (Lipinski definition) is 1. The predicted octanol–water partition coefficient (Wildman–Crippen LogP) is 3.00. The number of aryl methyl sites for hydroxylation is 1. The van der Waals surface area contributed by atoms with E-state index in [2.05, 4.69) is 5.32 Å². The van der Waals surface area contributed by atoms with Crippen molar-refractivity contribution in [3.63, 3.8) is 0 Å². The van der Waals surface area contributed by atoms with E-state index in [9.17, 15) is 26.0 Å². The fraction of sp³-hybridized carbons (Fsp3) is 0.269. The maximum Gasteiger partial charge on any atom is 0.264 e. The molecule has 0 aromatic heterocycles. The van der Waals surface area contributed by atoms with E-state index in [1.54, 1.807) is 12.1 Å². The highest BCUT2D eigenvalue weighted by atomic mass is 32.2. The molecule has 39 heavy (non-hydrogen) atoms. The molecule has 0 unspecified atom stereocenters. The summed E-state index contributed by atoms with van der Waals surface area (Å²) in [5.74, 6) is -1.16. The van der Waals surface area contributed by atoms with E-state index in [0.29, 0.717) is 0 Å². The third kappa shape index (κ3) is 6.38. The second kappa shape index (κ2) is 11.7. The zero-order valence-electron chi connectivity index (χ0n) is 21.3. The van der Waals surface area contributed by atoms with Crippen LogP contribution in [0.25, 0.3) is 0 Å². The van der Waals surface area contributed by atoms with Crippen LogP contribution >= 0.6 is 0 Å². The molecule has 1 heterocycles. The van der Waals surface area contributed by atoms with Crippen LogP contribution in [-0.2, 0) is 29.6 Å². The molecule has 10 nitrogen and oxygen atoms in total. The Morgan fingerprint density at radius 3 is 2.21 bits per heavy atom. The summed E-state index contributed by atoms with van der Waals surface area (Å²) in [7, 11) is -6.75. The molecule has 1 amide bonds. The number of hydrogen-bond acceptors (Lipinski definition) is 7. The zero-order chi connectivity index (χ0) is 28.2. The molecule has 0 atom stereocenters. The van der Waals surface area contributed by atoms with Crippen LogP contribution in [0.2, 0.25) is 0 Å². The summed E-state index contributed by atoms with van der Waals surface area (Å²) >= 11 is 0. The molecule has 1 aliphatic rings. The maximum atomic E-state index is 13.6. The van der Waals surface area contributed by atoms with Crippen LogP contribution in [0.3, 0.4) is 0 Å². The van der Waals surface area contributed by atoms with E-state index < -0.39 is 38.3 Å². The first kappa shape index (κ1) is 28.5. The summed E-state index contributed by atoms with van der Waals surface area (Å²) in [6.45, 7) is 2.06. The summed E-state index contributed by atoms with van der Waals surface area (Å²) in [5.41, 5.74) is 0.963. The van der Waals surface area contributed by atoms with Crippen molar-refractivity contribution >= 4 is 37.3 Å². The number of carbonyl (C=O) groups excluding carboxylic acids is 1. The average molecular weight is 578 g/mol. The topological polar surface area (TPSA) is 122 Å². The SMILES string of the molecule is COc1ccc(S(=O)(=O)N2CCOCC2)cc1NC(=O)CN(c1ccc(F)cc1)S(=O)(=O)c1ccc(C)cc1. The quantitative estimate of drug-likeness (QED) is 0.415. The number of amides is 1. The molecule has 0 spiro atoms. The van der Waals surface area contributed by atoms with E-state index in [4.69, 9.17) is 9.47 Å². The first-order valence-corrected chi connectivity index (χ1v) is 14.8. The molecule has 0 saturated carbocycles. The molecule has 208 valence electrons. The van der Waals surface area contributed by atoms with Crippen LogP contribution < -0.4 is 14.4 Å². The summed E-state index contributed by atoms with van der Waals surface area (Å²) < 4.78 is 79.6. The fourth-order valence-electron chi connectivity index (χ4n) is 3.96. The Bertz CT molecular complexity index is 1540. The van der Waals surface area contributed by atoms with Gasteiger partial charge in [-0.3, -0.25) is 9.10 Å². The highest BCUT2D eigenvalue weighted by molar-refractivity contribution is 7.92. The van der Waals surface area contributed by atoms with Gasteiger partial charge < -0.3 is 14.8 Å². The summed E-state index contributed by atoms with van der Waals surface area (Å²) in [4.78, 5) is 13.1. The molecule has 0 bridgehead atoms. The first-order chi connectivity index (χ1) is 18.5. The van der Waals surface area contributed by atoms with E-state index >= 15 is 0 Å². The number of morpholine rings is 1. The van der Waals surface area contributed by atoms with E-state index in [1.165, 1.54) is 53.9 Å². The Kier molecular flexibility index (Phi) is 8.54. The highest BCUT2D eigenvalue weighted by Crippen LogP contribution is 2.30. The maximum absolute atomic E-state index is 13.6. The highest BCUT2D eigenvalue weighted by Gasteiger charge is 2.29. The van der Waals surface area contributed by atoms with Gasteiger partial charge >= 0.3 is 0 Å². The smallest absolute Gasteiger partial charge is 0.264 e. The minimum Gasteiger partial charge on any atom is -0.495 e. The lowest BCUT2D eigenvalue weighted by Gasteiger charge is -2.26. The summed E-state index contributed by atoms with van der Waals surface area (Å²) in [6.07, 6.45) is 0. The van der Waals surface area contributed by atoms with Crippen molar-refractivity contribution in [3.8, 4) is 5.75 Å². The Balaban J connectivity index is 1.65. The van der Waals surface area contributed by atoms with Crippen LogP contribution in [-0.4, -0.2) is 67.0 Å². The number of benzene rings is 3. The molecular formula is C26H28FN3O7S2. The second-order valence-electron chi connectivity index (χ2n) is 8.73. The Hall–Kier alpha value is -3.52. The van der Waals surface area contributed by atoms with Crippen molar-refractivity contribution in [1.82, 2.24) is 4.31 Å². The van der Waals surface area contributed by atoms with Gasteiger partial charge in [0, 0.05) is 13.1 Å².